The van der Waals surface area contributed by atoms with Crippen LogP contribution in [0.1, 0.15) is 19.3 Å². The summed E-state index contributed by atoms with van der Waals surface area (Å²) < 4.78 is 0. The predicted molar refractivity (Wildman–Crippen MR) is 39.9 cm³/mol. The molecule has 0 heterocycles. The Morgan fingerprint density at radius 2 is 2.20 bits per heavy atom. The molecular weight excluding hydrogens is 320 g/mol. The van der Waals surface area contributed by atoms with Crippen molar-refractivity contribution in [1.82, 2.24) is 0 Å². The Kier molecular flexibility index (Phi) is 4.94. The minimum atomic E-state index is -0.653. The third-order valence-corrected chi connectivity index (χ3v) is 1.62. The number of rotatable bonds is 1. The van der Waals surface area contributed by atoms with E-state index in [0.29, 0.717) is 0 Å². The van der Waals surface area contributed by atoms with Gasteiger partial charge in [-0.15, -0.1) is 0 Å². The van der Waals surface area contributed by atoms with Crippen LogP contribution in [0.25, 0.3) is 0 Å². The van der Waals surface area contributed by atoms with E-state index in [4.69, 9.17) is 5.11 Å². The minimum absolute atomic E-state index is 0. The summed E-state index contributed by atoms with van der Waals surface area (Å²) in [6.07, 6.45) is 6.44. The van der Waals surface area contributed by atoms with E-state index < -0.39 is 5.97 Å². The van der Waals surface area contributed by atoms with Crippen LogP contribution in [-0.4, -0.2) is 38.4 Å². The minimum Gasteiger partial charge on any atom is -0.481 e. The van der Waals surface area contributed by atoms with Crippen LogP contribution >= 0.6 is 0 Å². The second-order valence-corrected chi connectivity index (χ2v) is 2.32. The topological polar surface area (TPSA) is 37.3 Å². The van der Waals surface area contributed by atoms with Gasteiger partial charge in [-0.25, -0.2) is 0 Å². The number of hydrogen-bond acceptors (Lipinski definition) is 1. The molecule has 10 heavy (non-hydrogen) atoms. The molecule has 0 saturated heterocycles. The number of aliphatic carboxylic acids is 1. The summed E-state index contributed by atoms with van der Waals surface area (Å²) in [5.41, 5.74) is 0. The molecule has 53 valence electrons. The molecule has 0 saturated carbocycles. The van der Waals surface area contributed by atoms with E-state index in [1.807, 2.05) is 12.2 Å². The molecule has 1 radical (unpaired) electrons. The van der Waals surface area contributed by atoms with Gasteiger partial charge in [-0.3, -0.25) is 4.79 Å². The van der Waals surface area contributed by atoms with Gasteiger partial charge in [-0.1, -0.05) is 12.2 Å². The maximum absolute atomic E-state index is 10.3. The maximum Gasteiger partial charge on any atom is 0.306 e. The molecule has 1 N–H and O–H groups in total. The van der Waals surface area contributed by atoms with E-state index in [2.05, 4.69) is 0 Å². The fourth-order valence-electron chi connectivity index (χ4n) is 1.02. The SMILES string of the molecule is O=C(O)C1CC=CCC1.[Tl]. The van der Waals surface area contributed by atoms with Crippen LogP contribution in [0.5, 0.6) is 0 Å². The summed E-state index contributed by atoms with van der Waals surface area (Å²) in [7, 11) is 0. The van der Waals surface area contributed by atoms with Gasteiger partial charge in [-0.2, -0.15) is 0 Å². The average Bonchev–Trinajstić information content (AvgIpc) is 1.90. The Balaban J connectivity index is 0.000000810. The first-order valence-corrected chi connectivity index (χ1v) is 3.18. The molecule has 1 aliphatic carbocycles. The molecule has 0 aromatic carbocycles. The number of carboxylic acids is 1. The molecule has 2 nitrogen and oxygen atoms in total. The molecule has 3 heteroatoms. The van der Waals surface area contributed by atoms with Gasteiger partial charge in [0.2, 0.25) is 0 Å². The van der Waals surface area contributed by atoms with Crippen molar-refractivity contribution >= 4 is 33.3 Å². The summed E-state index contributed by atoms with van der Waals surface area (Å²) in [6, 6.07) is 0. The first kappa shape index (κ1) is 10.1. The molecule has 0 amide bonds. The van der Waals surface area contributed by atoms with Crippen molar-refractivity contribution in [3.05, 3.63) is 12.2 Å². The second kappa shape index (κ2) is 4.87. The van der Waals surface area contributed by atoms with E-state index in [-0.39, 0.29) is 33.2 Å². The van der Waals surface area contributed by atoms with Gasteiger partial charge in [0.25, 0.3) is 0 Å². The van der Waals surface area contributed by atoms with E-state index in [1.165, 1.54) is 0 Å². The van der Waals surface area contributed by atoms with Gasteiger partial charge in [0.05, 0.1) is 5.92 Å². The van der Waals surface area contributed by atoms with Gasteiger partial charge in [-0.05, 0) is 19.3 Å². The van der Waals surface area contributed by atoms with E-state index in [1.54, 1.807) is 0 Å². The Labute approximate surface area is 80.5 Å². The van der Waals surface area contributed by atoms with Gasteiger partial charge < -0.3 is 5.11 Å². The number of carboxylic acid groups (broad SMARTS) is 1. The third kappa shape index (κ3) is 2.81. The van der Waals surface area contributed by atoms with Gasteiger partial charge >= 0.3 is 5.97 Å². The molecule has 0 fully saturated rings. The third-order valence-electron chi connectivity index (χ3n) is 1.62. The Morgan fingerprint density at radius 1 is 1.50 bits per heavy atom. The van der Waals surface area contributed by atoms with E-state index in [9.17, 15) is 4.79 Å². The average molecular weight is 331 g/mol. The zero-order valence-corrected chi connectivity index (χ0v) is 10.3. The smallest absolute Gasteiger partial charge is 0.306 e. The Hall–Kier alpha value is 0.132. The van der Waals surface area contributed by atoms with Crippen molar-refractivity contribution in [2.45, 2.75) is 19.3 Å². The number of hydrogen-bond donors (Lipinski definition) is 1. The Bertz CT molecular complexity index is 143. The summed E-state index contributed by atoms with van der Waals surface area (Å²) in [4.78, 5) is 10.3. The van der Waals surface area contributed by atoms with Crippen LogP contribution in [0.4, 0.5) is 0 Å². The molecule has 1 aliphatic rings. The monoisotopic (exact) mass is 331 g/mol. The van der Waals surface area contributed by atoms with E-state index in [0.717, 1.165) is 19.3 Å². The van der Waals surface area contributed by atoms with Crippen molar-refractivity contribution in [2.75, 3.05) is 0 Å². The van der Waals surface area contributed by atoms with Gasteiger partial charge in [0.15, 0.2) is 0 Å². The predicted octanol–water partition coefficient (Wildman–Crippen LogP) is 1.05. The normalized spacial score (nSPS) is 23.4. The quantitative estimate of drug-likeness (QED) is 0.576. The van der Waals surface area contributed by atoms with Gasteiger partial charge in [0, 0.05) is 27.3 Å². The standard InChI is InChI=1S/C7H10O2.Tl/c8-7(9)6-4-2-1-3-5-6;/h1-2,6H,3-5H2,(H,8,9);. The summed E-state index contributed by atoms with van der Waals surface area (Å²) in [5, 5.41) is 8.50. The molecule has 0 aromatic heterocycles. The first-order valence-electron chi connectivity index (χ1n) is 3.18. The molecule has 0 aromatic rings. The van der Waals surface area contributed by atoms with Crippen LogP contribution < -0.4 is 0 Å². The molecule has 1 atom stereocenters. The molecule has 0 bridgehead atoms. The van der Waals surface area contributed by atoms with Crippen LogP contribution in [-0.2, 0) is 4.79 Å². The summed E-state index contributed by atoms with van der Waals surface area (Å²) in [6.45, 7) is 0. The summed E-state index contributed by atoms with van der Waals surface area (Å²) in [5.74, 6) is -0.769. The van der Waals surface area contributed by atoms with Crippen LogP contribution in [0.3, 0.4) is 0 Å². The van der Waals surface area contributed by atoms with Crippen molar-refractivity contribution in [3.63, 3.8) is 0 Å². The van der Waals surface area contributed by atoms with Crippen molar-refractivity contribution in [1.29, 1.82) is 0 Å². The zero-order chi connectivity index (χ0) is 6.69. The molecular formula is C7H10O2Tl. The second-order valence-electron chi connectivity index (χ2n) is 2.32. The fraction of sp³-hybridized carbons (Fsp3) is 0.571. The molecule has 0 aliphatic heterocycles. The van der Waals surface area contributed by atoms with Crippen LogP contribution in [0, 0.1) is 5.92 Å². The molecule has 1 rings (SSSR count). The number of allylic oxidation sites excluding steroid dienone is 2. The van der Waals surface area contributed by atoms with Crippen LogP contribution in [0.15, 0.2) is 12.2 Å². The summed E-state index contributed by atoms with van der Waals surface area (Å²) >= 11 is 0. The van der Waals surface area contributed by atoms with Crippen molar-refractivity contribution < 1.29 is 9.90 Å². The Morgan fingerprint density at radius 3 is 2.50 bits per heavy atom. The largest absolute Gasteiger partial charge is 0.481 e. The maximum atomic E-state index is 10.3. The zero-order valence-electron chi connectivity index (χ0n) is 5.79. The van der Waals surface area contributed by atoms with Crippen molar-refractivity contribution in [2.24, 2.45) is 5.92 Å². The number of carbonyl (C=O) groups is 1. The van der Waals surface area contributed by atoms with Crippen LogP contribution in [0.2, 0.25) is 0 Å². The first-order chi connectivity index (χ1) is 4.30. The van der Waals surface area contributed by atoms with Gasteiger partial charge in [0.1, 0.15) is 0 Å². The van der Waals surface area contributed by atoms with Crippen molar-refractivity contribution in [3.8, 4) is 0 Å². The van der Waals surface area contributed by atoms with E-state index >= 15 is 0 Å². The molecule has 0 spiro atoms. The fourth-order valence-corrected chi connectivity index (χ4v) is 1.02. The molecule has 1 unspecified atom stereocenters.